The number of nitrogens with one attached hydrogen (secondary N) is 2. The van der Waals surface area contributed by atoms with Crippen molar-refractivity contribution in [3.63, 3.8) is 0 Å². The van der Waals surface area contributed by atoms with Gasteiger partial charge in [0.1, 0.15) is 5.69 Å². The molecule has 0 saturated heterocycles. The fourth-order valence-corrected chi connectivity index (χ4v) is 2.51. The van der Waals surface area contributed by atoms with Crippen LogP contribution in [0.2, 0.25) is 0 Å². The summed E-state index contributed by atoms with van der Waals surface area (Å²) >= 11 is 0. The Morgan fingerprint density at radius 1 is 1.00 bits per heavy atom. The van der Waals surface area contributed by atoms with Crippen molar-refractivity contribution in [1.82, 2.24) is 4.98 Å². The molecule has 0 aliphatic rings. The van der Waals surface area contributed by atoms with E-state index in [1.165, 1.54) is 12.3 Å². The predicted octanol–water partition coefficient (Wildman–Crippen LogP) is 4.92. The molecule has 0 atom stereocenters. The highest BCUT2D eigenvalue weighted by Gasteiger charge is 2.11. The summed E-state index contributed by atoms with van der Waals surface area (Å²) in [4.78, 5) is 16.6. The Labute approximate surface area is 149 Å². The molecular weight excluding hydrogens is 336 g/mol. The average molecular weight is 353 g/mol. The van der Waals surface area contributed by atoms with Gasteiger partial charge in [-0.3, -0.25) is 9.78 Å². The van der Waals surface area contributed by atoms with Gasteiger partial charge >= 0.3 is 0 Å². The second-order valence-corrected chi connectivity index (χ2v) is 5.65. The van der Waals surface area contributed by atoms with Gasteiger partial charge in [0.05, 0.1) is 0 Å². The Morgan fingerprint density at radius 3 is 2.54 bits per heavy atom. The van der Waals surface area contributed by atoms with E-state index in [0.29, 0.717) is 11.4 Å². The average Bonchev–Trinajstić information content (AvgIpc) is 2.65. The van der Waals surface area contributed by atoms with E-state index < -0.39 is 11.6 Å². The molecule has 0 unspecified atom stereocenters. The maximum atomic E-state index is 13.3. The number of para-hydroxylation sites is 1. The number of aryl methyl sites for hydroxylation is 1. The number of halogens is 2. The highest BCUT2D eigenvalue weighted by molar-refractivity contribution is 6.03. The second kappa shape index (κ2) is 7.74. The molecule has 0 aliphatic carbocycles. The van der Waals surface area contributed by atoms with Crippen molar-refractivity contribution in [2.24, 2.45) is 0 Å². The van der Waals surface area contributed by atoms with E-state index in [9.17, 15) is 13.6 Å². The third-order valence-corrected chi connectivity index (χ3v) is 3.85. The van der Waals surface area contributed by atoms with Gasteiger partial charge in [-0.1, -0.05) is 25.1 Å². The van der Waals surface area contributed by atoms with Gasteiger partial charge in [0, 0.05) is 29.3 Å². The zero-order valence-corrected chi connectivity index (χ0v) is 14.1. The highest BCUT2D eigenvalue weighted by Crippen LogP contribution is 2.20. The van der Waals surface area contributed by atoms with E-state index in [4.69, 9.17) is 0 Å². The third-order valence-electron chi connectivity index (χ3n) is 3.85. The van der Waals surface area contributed by atoms with Crippen LogP contribution in [0.1, 0.15) is 23.0 Å². The molecule has 3 aromatic rings. The number of nitrogens with zero attached hydrogens (tertiary/aromatic N) is 1. The van der Waals surface area contributed by atoms with Gasteiger partial charge < -0.3 is 10.6 Å². The van der Waals surface area contributed by atoms with Crippen molar-refractivity contribution in [3.05, 3.63) is 83.7 Å². The summed E-state index contributed by atoms with van der Waals surface area (Å²) in [5, 5.41) is 5.77. The summed E-state index contributed by atoms with van der Waals surface area (Å²) in [7, 11) is 0. The minimum absolute atomic E-state index is 0.212. The number of anilines is 3. The summed E-state index contributed by atoms with van der Waals surface area (Å²) in [6, 6.07) is 14.2. The molecule has 0 fully saturated rings. The fraction of sp³-hybridized carbons (Fsp3) is 0.100. The van der Waals surface area contributed by atoms with Crippen molar-refractivity contribution in [1.29, 1.82) is 0 Å². The first kappa shape index (κ1) is 17.5. The lowest BCUT2D eigenvalue weighted by atomic mass is 10.1. The molecule has 1 amide bonds. The van der Waals surface area contributed by atoms with Crippen molar-refractivity contribution < 1.29 is 13.6 Å². The molecule has 1 heterocycles. The molecule has 2 aromatic carbocycles. The van der Waals surface area contributed by atoms with E-state index in [0.717, 1.165) is 29.8 Å². The number of rotatable bonds is 5. The van der Waals surface area contributed by atoms with E-state index >= 15 is 0 Å². The maximum Gasteiger partial charge on any atom is 0.274 e. The molecule has 6 heteroatoms. The van der Waals surface area contributed by atoms with Crippen molar-refractivity contribution in [3.8, 4) is 0 Å². The lowest BCUT2D eigenvalue weighted by Gasteiger charge is -2.11. The first-order valence-corrected chi connectivity index (χ1v) is 8.14. The van der Waals surface area contributed by atoms with Crippen LogP contribution in [-0.2, 0) is 6.42 Å². The predicted molar refractivity (Wildman–Crippen MR) is 97.7 cm³/mol. The SMILES string of the molecule is CCc1ccccc1NC(=O)c1cc(Nc2ccc(F)c(F)c2)ccn1. The van der Waals surface area contributed by atoms with E-state index in [2.05, 4.69) is 15.6 Å². The number of benzene rings is 2. The Balaban J connectivity index is 1.78. The topological polar surface area (TPSA) is 54.0 Å². The zero-order chi connectivity index (χ0) is 18.5. The van der Waals surface area contributed by atoms with Crippen LogP contribution in [-0.4, -0.2) is 10.9 Å². The monoisotopic (exact) mass is 353 g/mol. The Bertz CT molecular complexity index is 944. The summed E-state index contributed by atoms with van der Waals surface area (Å²) in [5.41, 5.74) is 2.89. The number of carbonyl (C=O) groups is 1. The molecule has 26 heavy (non-hydrogen) atoms. The van der Waals surface area contributed by atoms with Crippen LogP contribution in [0.15, 0.2) is 60.8 Å². The molecule has 0 spiro atoms. The zero-order valence-electron chi connectivity index (χ0n) is 14.1. The van der Waals surface area contributed by atoms with Crippen LogP contribution in [0.25, 0.3) is 0 Å². The normalized spacial score (nSPS) is 10.4. The number of carbonyl (C=O) groups excluding carboxylic acids is 1. The van der Waals surface area contributed by atoms with Gasteiger partial charge in [0.2, 0.25) is 0 Å². The van der Waals surface area contributed by atoms with Crippen LogP contribution in [0.4, 0.5) is 25.8 Å². The van der Waals surface area contributed by atoms with Crippen LogP contribution < -0.4 is 10.6 Å². The molecule has 0 aliphatic heterocycles. The number of hydrogen-bond acceptors (Lipinski definition) is 3. The molecule has 132 valence electrons. The van der Waals surface area contributed by atoms with Crippen molar-refractivity contribution >= 4 is 23.0 Å². The Morgan fingerprint density at radius 2 is 1.77 bits per heavy atom. The molecule has 3 rings (SSSR count). The lowest BCUT2D eigenvalue weighted by molar-refractivity contribution is 0.102. The number of pyridine rings is 1. The largest absolute Gasteiger partial charge is 0.355 e. The second-order valence-electron chi connectivity index (χ2n) is 5.65. The first-order chi connectivity index (χ1) is 12.6. The maximum absolute atomic E-state index is 13.3. The Hall–Kier alpha value is -3.28. The minimum Gasteiger partial charge on any atom is -0.355 e. The molecular formula is C20H17F2N3O. The highest BCUT2D eigenvalue weighted by atomic mass is 19.2. The third kappa shape index (κ3) is 4.03. The molecule has 0 bridgehead atoms. The lowest BCUT2D eigenvalue weighted by Crippen LogP contribution is -2.15. The summed E-state index contributed by atoms with van der Waals surface area (Å²) in [5.74, 6) is -2.21. The summed E-state index contributed by atoms with van der Waals surface area (Å²) in [6.45, 7) is 2.01. The molecule has 4 nitrogen and oxygen atoms in total. The Kier molecular flexibility index (Phi) is 5.22. The quantitative estimate of drug-likeness (QED) is 0.685. The van der Waals surface area contributed by atoms with Gasteiger partial charge in [-0.05, 0) is 42.3 Å². The van der Waals surface area contributed by atoms with Gasteiger partial charge in [0.15, 0.2) is 11.6 Å². The number of hydrogen-bond donors (Lipinski definition) is 2. The van der Waals surface area contributed by atoms with Gasteiger partial charge in [-0.25, -0.2) is 8.78 Å². The number of amides is 1. The van der Waals surface area contributed by atoms with E-state index in [1.807, 2.05) is 31.2 Å². The molecule has 0 radical (unpaired) electrons. The van der Waals surface area contributed by atoms with Gasteiger partial charge in [0.25, 0.3) is 5.91 Å². The summed E-state index contributed by atoms with van der Waals surface area (Å²) < 4.78 is 26.3. The van der Waals surface area contributed by atoms with E-state index in [1.54, 1.807) is 12.1 Å². The van der Waals surface area contributed by atoms with Crippen LogP contribution in [0.3, 0.4) is 0 Å². The smallest absolute Gasteiger partial charge is 0.274 e. The standard InChI is InChI=1S/C20H17F2N3O/c1-2-13-5-3-4-6-18(13)25-20(26)19-12-15(9-10-23-19)24-14-7-8-16(21)17(22)11-14/h3-12H,2H2,1H3,(H,23,24)(H,25,26). The van der Waals surface area contributed by atoms with Crippen LogP contribution in [0, 0.1) is 11.6 Å². The number of aromatic nitrogens is 1. The van der Waals surface area contributed by atoms with E-state index in [-0.39, 0.29) is 11.6 Å². The minimum atomic E-state index is -0.946. The molecule has 2 N–H and O–H groups in total. The van der Waals surface area contributed by atoms with Gasteiger partial charge in [-0.2, -0.15) is 0 Å². The summed E-state index contributed by atoms with van der Waals surface area (Å²) in [6.07, 6.45) is 2.27. The van der Waals surface area contributed by atoms with Crippen LogP contribution >= 0.6 is 0 Å². The van der Waals surface area contributed by atoms with Crippen molar-refractivity contribution in [2.75, 3.05) is 10.6 Å². The fourth-order valence-electron chi connectivity index (χ4n) is 2.51. The van der Waals surface area contributed by atoms with Gasteiger partial charge in [-0.15, -0.1) is 0 Å². The first-order valence-electron chi connectivity index (χ1n) is 8.14. The molecule has 0 saturated carbocycles. The molecule has 1 aromatic heterocycles. The van der Waals surface area contributed by atoms with Crippen LogP contribution in [0.5, 0.6) is 0 Å². The van der Waals surface area contributed by atoms with Crippen molar-refractivity contribution in [2.45, 2.75) is 13.3 Å².